The monoisotopic (exact) mass is 477 g/mol. The number of hydrogen-bond donors (Lipinski definition) is 2. The smallest absolute Gasteiger partial charge is 0.286 e. The quantitative estimate of drug-likeness (QED) is 0.464. The SMILES string of the molecule is O=C(CCc1nnc(C(=O)Nc2ccccc2)s1)NCCN1CCC(Cc2ccccc2)CC1. The summed E-state index contributed by atoms with van der Waals surface area (Å²) in [5, 5.41) is 14.8. The van der Waals surface area contributed by atoms with E-state index in [-0.39, 0.29) is 11.8 Å². The van der Waals surface area contributed by atoms with Gasteiger partial charge in [-0.1, -0.05) is 59.9 Å². The lowest BCUT2D eigenvalue weighted by atomic mass is 9.90. The zero-order valence-corrected chi connectivity index (χ0v) is 20.1. The molecule has 7 nitrogen and oxygen atoms in total. The van der Waals surface area contributed by atoms with Crippen LogP contribution >= 0.6 is 11.3 Å². The standard InChI is InChI=1S/C26H31N5O2S/c32-23(11-12-24-29-30-26(34-24)25(33)28-22-9-5-2-6-10-22)27-15-18-31-16-13-21(14-17-31)19-20-7-3-1-4-8-20/h1-10,21H,11-19H2,(H,27,32)(H,28,33). The molecule has 0 bridgehead atoms. The van der Waals surface area contributed by atoms with Crippen LogP contribution in [0.1, 0.15) is 39.6 Å². The molecule has 34 heavy (non-hydrogen) atoms. The molecule has 3 aromatic rings. The van der Waals surface area contributed by atoms with Crippen molar-refractivity contribution < 1.29 is 9.59 Å². The van der Waals surface area contributed by atoms with Crippen LogP contribution in [0.25, 0.3) is 0 Å². The Labute approximate surface area is 204 Å². The summed E-state index contributed by atoms with van der Waals surface area (Å²) in [7, 11) is 0. The molecule has 4 rings (SSSR count). The van der Waals surface area contributed by atoms with Gasteiger partial charge < -0.3 is 15.5 Å². The van der Waals surface area contributed by atoms with Gasteiger partial charge in [0.25, 0.3) is 5.91 Å². The number of para-hydroxylation sites is 1. The highest BCUT2D eigenvalue weighted by Gasteiger charge is 2.19. The molecule has 1 saturated heterocycles. The third-order valence-electron chi connectivity index (χ3n) is 6.08. The predicted octanol–water partition coefficient (Wildman–Crippen LogP) is 3.79. The van der Waals surface area contributed by atoms with E-state index >= 15 is 0 Å². The number of carbonyl (C=O) groups excluding carboxylic acids is 2. The van der Waals surface area contributed by atoms with E-state index in [1.807, 2.05) is 30.3 Å². The summed E-state index contributed by atoms with van der Waals surface area (Å²) < 4.78 is 0. The molecule has 0 spiro atoms. The van der Waals surface area contributed by atoms with Crippen molar-refractivity contribution in [2.75, 3.05) is 31.5 Å². The van der Waals surface area contributed by atoms with Gasteiger partial charge in [0.05, 0.1) is 0 Å². The van der Waals surface area contributed by atoms with E-state index in [2.05, 4.69) is 56.1 Å². The van der Waals surface area contributed by atoms with Crippen LogP contribution in [0.15, 0.2) is 60.7 Å². The lowest BCUT2D eigenvalue weighted by Gasteiger charge is -2.32. The second-order valence-corrected chi connectivity index (χ2v) is 9.71. The van der Waals surface area contributed by atoms with Crippen LogP contribution in [0.5, 0.6) is 0 Å². The van der Waals surface area contributed by atoms with Crippen molar-refractivity contribution in [2.24, 2.45) is 5.92 Å². The predicted molar refractivity (Wildman–Crippen MR) is 135 cm³/mol. The zero-order chi connectivity index (χ0) is 23.6. The highest BCUT2D eigenvalue weighted by molar-refractivity contribution is 7.13. The molecule has 2 N–H and O–H groups in total. The minimum Gasteiger partial charge on any atom is -0.355 e. The van der Waals surface area contributed by atoms with Gasteiger partial charge in [0, 0.05) is 31.6 Å². The first-order valence-electron chi connectivity index (χ1n) is 11.9. The molecule has 1 aliphatic heterocycles. The lowest BCUT2D eigenvalue weighted by Crippen LogP contribution is -2.40. The van der Waals surface area contributed by atoms with Gasteiger partial charge in [-0.2, -0.15) is 0 Å². The molecule has 1 fully saturated rings. The third-order valence-corrected chi connectivity index (χ3v) is 7.07. The van der Waals surface area contributed by atoms with Gasteiger partial charge in [0.2, 0.25) is 10.9 Å². The minimum atomic E-state index is -0.285. The van der Waals surface area contributed by atoms with E-state index in [0.717, 1.165) is 32.0 Å². The molecule has 2 heterocycles. The number of amides is 2. The van der Waals surface area contributed by atoms with Crippen LogP contribution in [-0.2, 0) is 17.6 Å². The van der Waals surface area contributed by atoms with Crippen LogP contribution in [0.3, 0.4) is 0 Å². The third kappa shape index (κ3) is 7.46. The number of piperidine rings is 1. The van der Waals surface area contributed by atoms with Crippen molar-refractivity contribution in [3.8, 4) is 0 Å². The topological polar surface area (TPSA) is 87.2 Å². The van der Waals surface area contributed by atoms with E-state index < -0.39 is 0 Å². The largest absolute Gasteiger partial charge is 0.355 e. The molecule has 0 radical (unpaired) electrons. The van der Waals surface area contributed by atoms with Crippen LogP contribution in [0.4, 0.5) is 5.69 Å². The molecule has 8 heteroatoms. The summed E-state index contributed by atoms with van der Waals surface area (Å²) >= 11 is 1.23. The maximum Gasteiger partial charge on any atom is 0.286 e. The van der Waals surface area contributed by atoms with Crippen molar-refractivity contribution in [1.82, 2.24) is 20.4 Å². The number of anilines is 1. The first-order valence-corrected chi connectivity index (χ1v) is 12.7. The Morgan fingerprint density at radius 1 is 0.971 bits per heavy atom. The summed E-state index contributed by atoms with van der Waals surface area (Å²) in [5.74, 6) is 0.469. The van der Waals surface area contributed by atoms with Gasteiger partial charge in [0.1, 0.15) is 5.01 Å². The Bertz CT molecular complexity index is 1050. The Morgan fingerprint density at radius 2 is 1.68 bits per heavy atom. The van der Waals surface area contributed by atoms with Gasteiger partial charge in [-0.05, 0) is 56.0 Å². The van der Waals surface area contributed by atoms with E-state index in [1.165, 1.54) is 29.7 Å². The summed E-state index contributed by atoms with van der Waals surface area (Å²) in [6, 6.07) is 19.9. The molecule has 178 valence electrons. The van der Waals surface area contributed by atoms with E-state index in [4.69, 9.17) is 0 Å². The molecule has 0 unspecified atom stereocenters. The van der Waals surface area contributed by atoms with E-state index in [1.54, 1.807) is 0 Å². The number of likely N-dealkylation sites (tertiary alicyclic amines) is 1. The molecule has 1 aromatic heterocycles. The molecule has 2 amide bonds. The van der Waals surface area contributed by atoms with Crippen LogP contribution in [-0.4, -0.2) is 53.1 Å². The Kier molecular flexibility index (Phi) is 8.76. The van der Waals surface area contributed by atoms with Crippen LogP contribution in [0.2, 0.25) is 0 Å². The zero-order valence-electron chi connectivity index (χ0n) is 19.3. The van der Waals surface area contributed by atoms with E-state index in [9.17, 15) is 9.59 Å². The lowest BCUT2D eigenvalue weighted by molar-refractivity contribution is -0.121. The minimum absolute atomic E-state index is 0.00412. The molecule has 0 aliphatic carbocycles. The fourth-order valence-electron chi connectivity index (χ4n) is 4.18. The summed E-state index contributed by atoms with van der Waals surface area (Å²) in [4.78, 5) is 27.0. The average Bonchev–Trinajstić information content (AvgIpc) is 3.35. The summed E-state index contributed by atoms with van der Waals surface area (Å²) in [6.07, 6.45) is 4.40. The van der Waals surface area contributed by atoms with Gasteiger partial charge in [-0.15, -0.1) is 10.2 Å². The van der Waals surface area contributed by atoms with Crippen molar-refractivity contribution in [3.05, 3.63) is 76.2 Å². The number of aromatic nitrogens is 2. The van der Waals surface area contributed by atoms with Gasteiger partial charge in [-0.25, -0.2) is 0 Å². The number of rotatable bonds is 10. The van der Waals surface area contributed by atoms with Gasteiger partial charge in [-0.3, -0.25) is 9.59 Å². The summed E-state index contributed by atoms with van der Waals surface area (Å²) in [5.41, 5.74) is 2.14. The van der Waals surface area contributed by atoms with Crippen molar-refractivity contribution in [1.29, 1.82) is 0 Å². The van der Waals surface area contributed by atoms with Crippen LogP contribution in [0, 0.1) is 5.92 Å². The normalized spacial score (nSPS) is 14.6. The van der Waals surface area contributed by atoms with Crippen LogP contribution < -0.4 is 10.6 Å². The summed E-state index contributed by atoms with van der Waals surface area (Å²) in [6.45, 7) is 3.72. The molecule has 0 atom stereocenters. The highest BCUT2D eigenvalue weighted by atomic mass is 32.1. The first-order chi connectivity index (χ1) is 16.7. The number of hydrogen-bond acceptors (Lipinski definition) is 6. The maximum absolute atomic E-state index is 12.3. The second-order valence-electron chi connectivity index (χ2n) is 8.65. The average molecular weight is 478 g/mol. The van der Waals surface area contributed by atoms with Crippen molar-refractivity contribution in [3.63, 3.8) is 0 Å². The molecule has 1 aliphatic rings. The molecular formula is C26H31N5O2S. The molecular weight excluding hydrogens is 446 g/mol. The Balaban J connectivity index is 1.10. The number of aryl methyl sites for hydroxylation is 1. The van der Waals surface area contributed by atoms with Crippen molar-refractivity contribution >= 4 is 28.8 Å². The second kappa shape index (κ2) is 12.4. The maximum atomic E-state index is 12.3. The van der Waals surface area contributed by atoms with Crippen molar-refractivity contribution in [2.45, 2.75) is 32.1 Å². The molecule has 0 saturated carbocycles. The van der Waals surface area contributed by atoms with E-state index in [0.29, 0.717) is 35.1 Å². The molecule has 2 aromatic carbocycles. The fraction of sp³-hybridized carbons (Fsp3) is 0.385. The Hall–Kier alpha value is -3.10. The number of carbonyl (C=O) groups is 2. The number of benzene rings is 2. The number of nitrogens with one attached hydrogen (secondary N) is 2. The fourth-order valence-corrected chi connectivity index (χ4v) is 4.91. The Morgan fingerprint density at radius 3 is 2.41 bits per heavy atom. The van der Waals surface area contributed by atoms with Gasteiger partial charge in [0.15, 0.2) is 0 Å². The van der Waals surface area contributed by atoms with Gasteiger partial charge >= 0.3 is 0 Å². The highest BCUT2D eigenvalue weighted by Crippen LogP contribution is 2.21. The number of nitrogens with zero attached hydrogens (tertiary/aromatic N) is 3. The first kappa shape index (κ1) is 24.0.